The highest BCUT2D eigenvalue weighted by atomic mass is 19.1. The number of carbonyl (C=O) groups excluding carboxylic acids is 1. The molecule has 26 heavy (non-hydrogen) atoms. The van der Waals surface area contributed by atoms with Gasteiger partial charge in [0.05, 0.1) is 32.4 Å². The predicted molar refractivity (Wildman–Crippen MR) is 92.8 cm³/mol. The first-order valence-electron chi connectivity index (χ1n) is 9.14. The molecule has 3 fully saturated rings. The maximum atomic E-state index is 14.0. The lowest BCUT2D eigenvalue weighted by Crippen LogP contribution is -2.61. The second-order valence-electron chi connectivity index (χ2n) is 7.17. The molecule has 3 unspecified atom stereocenters. The van der Waals surface area contributed by atoms with Crippen LogP contribution in [0.4, 0.5) is 4.39 Å². The van der Waals surface area contributed by atoms with E-state index in [2.05, 4.69) is 16.2 Å². The van der Waals surface area contributed by atoms with Gasteiger partial charge in [-0.15, -0.1) is 0 Å². The summed E-state index contributed by atoms with van der Waals surface area (Å²) in [5, 5.41) is 3.31. The van der Waals surface area contributed by atoms with E-state index >= 15 is 0 Å². The average molecular weight is 364 g/mol. The second-order valence-corrected chi connectivity index (χ2v) is 7.17. The Bertz CT molecular complexity index is 651. The number of ether oxygens (including phenoxy) is 2. The molecule has 1 amide bonds. The minimum Gasteiger partial charge on any atom is -0.377 e. The predicted octanol–water partition coefficient (Wildman–Crippen LogP) is -0.0493. The summed E-state index contributed by atoms with van der Waals surface area (Å²) in [6.45, 7) is 4.15. The largest absolute Gasteiger partial charge is 0.377 e. The lowest BCUT2D eigenvalue weighted by molar-refractivity contribution is -0.159. The van der Waals surface area contributed by atoms with E-state index in [0.717, 1.165) is 6.54 Å². The van der Waals surface area contributed by atoms with Crippen molar-refractivity contribution in [1.82, 2.24) is 21.1 Å². The minimum atomic E-state index is -0.485. The number of hydrogen-bond donors (Lipinski definition) is 3. The summed E-state index contributed by atoms with van der Waals surface area (Å²) in [5.41, 5.74) is 6.19. The zero-order chi connectivity index (χ0) is 18.0. The first-order valence-corrected chi connectivity index (χ1v) is 9.14. The molecule has 3 aliphatic heterocycles. The van der Waals surface area contributed by atoms with Crippen molar-refractivity contribution in [3.63, 3.8) is 0 Å². The Hall–Kier alpha value is -1.58. The summed E-state index contributed by atoms with van der Waals surface area (Å²) in [6, 6.07) is 6.06. The van der Waals surface area contributed by atoms with Gasteiger partial charge in [0.15, 0.2) is 0 Å². The van der Waals surface area contributed by atoms with Gasteiger partial charge in [-0.2, -0.15) is 0 Å². The smallest absolute Gasteiger partial charge is 0.241 e. The van der Waals surface area contributed by atoms with Crippen LogP contribution in [-0.2, 0) is 14.3 Å². The van der Waals surface area contributed by atoms with Gasteiger partial charge < -0.3 is 19.7 Å². The standard InChI is InChI=1S/C18H25FN4O3/c19-14-4-2-1-3-13(14)15-9-16(22-21-15)17(24)23-6-8-26-18(11-23)10-20-5-7-25-12-18/h1-4,15-16,20-22H,5-12H2. The SMILES string of the molecule is O=C(C1CC(c2ccccc2F)NN1)N1CCOC2(CNCCOC2)C1. The Kier molecular flexibility index (Phi) is 5.19. The molecular formula is C18H25FN4O3. The monoisotopic (exact) mass is 364 g/mol. The zero-order valence-electron chi connectivity index (χ0n) is 14.7. The third kappa shape index (κ3) is 3.60. The number of halogens is 1. The fourth-order valence-corrected chi connectivity index (χ4v) is 3.90. The molecule has 1 aromatic rings. The number of benzene rings is 1. The van der Waals surface area contributed by atoms with E-state index in [1.807, 2.05) is 4.90 Å². The normalized spacial score (nSPS) is 32.6. The van der Waals surface area contributed by atoms with Gasteiger partial charge in [0.1, 0.15) is 17.5 Å². The number of rotatable bonds is 2. The van der Waals surface area contributed by atoms with E-state index in [1.54, 1.807) is 18.2 Å². The molecule has 3 N–H and O–H groups in total. The lowest BCUT2D eigenvalue weighted by atomic mass is 9.99. The summed E-state index contributed by atoms with van der Waals surface area (Å²) >= 11 is 0. The van der Waals surface area contributed by atoms with Crippen molar-refractivity contribution in [3.05, 3.63) is 35.6 Å². The molecule has 142 valence electrons. The number of nitrogens with zero attached hydrogens (tertiary/aromatic N) is 1. The fourth-order valence-electron chi connectivity index (χ4n) is 3.90. The van der Waals surface area contributed by atoms with Crippen LogP contribution in [-0.4, -0.2) is 68.4 Å². The molecule has 8 heteroatoms. The van der Waals surface area contributed by atoms with E-state index in [0.29, 0.717) is 51.4 Å². The summed E-state index contributed by atoms with van der Waals surface area (Å²) in [7, 11) is 0. The van der Waals surface area contributed by atoms with Crippen LogP contribution in [0.2, 0.25) is 0 Å². The van der Waals surface area contributed by atoms with Crippen LogP contribution in [0.5, 0.6) is 0 Å². The number of amides is 1. The third-order valence-electron chi connectivity index (χ3n) is 5.28. The second kappa shape index (κ2) is 7.58. The van der Waals surface area contributed by atoms with Gasteiger partial charge in [0.25, 0.3) is 0 Å². The van der Waals surface area contributed by atoms with Gasteiger partial charge in [-0.3, -0.25) is 4.79 Å². The lowest BCUT2D eigenvalue weighted by Gasteiger charge is -2.42. The molecule has 4 rings (SSSR count). The number of carbonyl (C=O) groups is 1. The highest BCUT2D eigenvalue weighted by Gasteiger charge is 2.42. The van der Waals surface area contributed by atoms with E-state index in [1.165, 1.54) is 6.07 Å². The van der Waals surface area contributed by atoms with Crippen molar-refractivity contribution in [1.29, 1.82) is 0 Å². The quantitative estimate of drug-likeness (QED) is 0.683. The summed E-state index contributed by atoms with van der Waals surface area (Å²) in [4.78, 5) is 14.8. The van der Waals surface area contributed by atoms with Crippen molar-refractivity contribution in [2.45, 2.75) is 24.1 Å². The zero-order valence-corrected chi connectivity index (χ0v) is 14.7. The molecule has 3 saturated heterocycles. The van der Waals surface area contributed by atoms with Crippen LogP contribution >= 0.6 is 0 Å². The Labute approximate surface area is 152 Å². The van der Waals surface area contributed by atoms with E-state index in [9.17, 15) is 9.18 Å². The molecule has 0 saturated carbocycles. The van der Waals surface area contributed by atoms with Crippen molar-refractivity contribution in [2.75, 3.05) is 46.0 Å². The van der Waals surface area contributed by atoms with Gasteiger partial charge in [0.2, 0.25) is 5.91 Å². The fraction of sp³-hybridized carbons (Fsp3) is 0.611. The van der Waals surface area contributed by atoms with Crippen LogP contribution in [0.15, 0.2) is 24.3 Å². The minimum absolute atomic E-state index is 0.0169. The Balaban J connectivity index is 1.41. The van der Waals surface area contributed by atoms with Crippen LogP contribution in [0.1, 0.15) is 18.0 Å². The number of nitrogens with one attached hydrogen (secondary N) is 3. The van der Waals surface area contributed by atoms with Crippen LogP contribution in [0.25, 0.3) is 0 Å². The first kappa shape index (κ1) is 17.8. The molecule has 3 atom stereocenters. The highest BCUT2D eigenvalue weighted by molar-refractivity contribution is 5.82. The van der Waals surface area contributed by atoms with Gasteiger partial charge in [-0.05, 0) is 12.5 Å². The summed E-state index contributed by atoms with van der Waals surface area (Å²) in [5.74, 6) is -0.241. The summed E-state index contributed by atoms with van der Waals surface area (Å²) < 4.78 is 25.6. The number of morpholine rings is 1. The van der Waals surface area contributed by atoms with E-state index < -0.39 is 5.60 Å². The Morgan fingerprint density at radius 1 is 1.27 bits per heavy atom. The van der Waals surface area contributed by atoms with Crippen molar-refractivity contribution >= 4 is 5.91 Å². The number of hydrazine groups is 1. The first-order chi connectivity index (χ1) is 12.7. The highest BCUT2D eigenvalue weighted by Crippen LogP contribution is 2.27. The van der Waals surface area contributed by atoms with Gasteiger partial charge in [0, 0.05) is 25.2 Å². The van der Waals surface area contributed by atoms with Gasteiger partial charge in [-0.25, -0.2) is 15.2 Å². The van der Waals surface area contributed by atoms with Crippen LogP contribution < -0.4 is 16.2 Å². The number of hydrogen-bond acceptors (Lipinski definition) is 6. The Morgan fingerprint density at radius 2 is 2.15 bits per heavy atom. The van der Waals surface area contributed by atoms with Crippen molar-refractivity contribution in [2.24, 2.45) is 0 Å². The third-order valence-corrected chi connectivity index (χ3v) is 5.28. The maximum absolute atomic E-state index is 14.0. The van der Waals surface area contributed by atoms with Crippen LogP contribution in [0, 0.1) is 5.82 Å². The molecule has 1 spiro atoms. The molecule has 0 aromatic heterocycles. The van der Waals surface area contributed by atoms with Crippen molar-refractivity contribution < 1.29 is 18.7 Å². The topological polar surface area (TPSA) is 74.9 Å². The Morgan fingerprint density at radius 3 is 3.04 bits per heavy atom. The summed E-state index contributed by atoms with van der Waals surface area (Å²) in [6.07, 6.45) is 0.513. The molecule has 3 heterocycles. The molecule has 0 bridgehead atoms. The maximum Gasteiger partial charge on any atom is 0.241 e. The molecule has 0 aliphatic carbocycles. The molecule has 1 aromatic carbocycles. The average Bonchev–Trinajstić information content (AvgIpc) is 3.04. The van der Waals surface area contributed by atoms with Gasteiger partial charge in [-0.1, -0.05) is 18.2 Å². The molecule has 3 aliphatic rings. The van der Waals surface area contributed by atoms with Gasteiger partial charge >= 0.3 is 0 Å². The van der Waals surface area contributed by atoms with E-state index in [4.69, 9.17) is 9.47 Å². The molecule has 0 radical (unpaired) electrons. The molecular weight excluding hydrogens is 339 g/mol. The molecule has 7 nitrogen and oxygen atoms in total. The van der Waals surface area contributed by atoms with Crippen molar-refractivity contribution in [3.8, 4) is 0 Å². The van der Waals surface area contributed by atoms with Crippen LogP contribution in [0.3, 0.4) is 0 Å². The van der Waals surface area contributed by atoms with E-state index in [-0.39, 0.29) is 23.8 Å².